The minimum Gasteiger partial charge on any atom is -0.504 e. The van der Waals surface area contributed by atoms with E-state index in [9.17, 15) is 5.11 Å². The van der Waals surface area contributed by atoms with E-state index >= 15 is 0 Å². The fourth-order valence-electron chi connectivity index (χ4n) is 1.16. The molecule has 0 aliphatic rings. The molecule has 0 aliphatic carbocycles. The molecule has 1 rings (SSSR count). The predicted molar refractivity (Wildman–Crippen MR) is 48.7 cm³/mol. The van der Waals surface area contributed by atoms with Crippen LogP contribution in [0.15, 0.2) is 12.1 Å². The van der Waals surface area contributed by atoms with E-state index in [0.717, 1.165) is 0 Å². The van der Waals surface area contributed by atoms with Gasteiger partial charge in [-0.25, -0.2) is 0 Å². The lowest BCUT2D eigenvalue weighted by molar-refractivity contribution is 0.372. The van der Waals surface area contributed by atoms with Gasteiger partial charge in [0, 0.05) is 0 Å². The van der Waals surface area contributed by atoms with Gasteiger partial charge in [-0.2, -0.15) is 10.5 Å². The monoisotopic (exact) mass is 188 g/mol. The van der Waals surface area contributed by atoms with Crippen molar-refractivity contribution in [2.45, 2.75) is 6.42 Å². The number of aromatic hydroxyl groups is 1. The third-order valence-corrected chi connectivity index (χ3v) is 1.74. The molecule has 0 aliphatic heterocycles. The second kappa shape index (κ2) is 4.15. The van der Waals surface area contributed by atoms with Crippen LogP contribution in [0.4, 0.5) is 0 Å². The molecule has 4 heteroatoms. The summed E-state index contributed by atoms with van der Waals surface area (Å²) in [5.74, 6) is 0.0333. The number of ether oxygens (including phenoxy) is 1. The molecule has 0 heterocycles. The quantitative estimate of drug-likeness (QED) is 0.759. The molecule has 0 fully saturated rings. The Labute approximate surface area is 81.6 Å². The van der Waals surface area contributed by atoms with Crippen molar-refractivity contribution in [1.29, 1.82) is 10.5 Å². The molecule has 1 aromatic rings. The van der Waals surface area contributed by atoms with Gasteiger partial charge in [0.2, 0.25) is 0 Å². The Kier molecular flexibility index (Phi) is 2.93. The van der Waals surface area contributed by atoms with Crippen molar-refractivity contribution in [3.05, 3.63) is 23.3 Å². The van der Waals surface area contributed by atoms with E-state index in [4.69, 9.17) is 15.3 Å². The summed E-state index contributed by atoms with van der Waals surface area (Å²) >= 11 is 0. The second-order valence-corrected chi connectivity index (χ2v) is 2.64. The van der Waals surface area contributed by atoms with Crippen LogP contribution in [0.5, 0.6) is 11.5 Å². The van der Waals surface area contributed by atoms with Gasteiger partial charge >= 0.3 is 0 Å². The Hall–Kier alpha value is -2.20. The van der Waals surface area contributed by atoms with Crippen molar-refractivity contribution in [3.8, 4) is 23.6 Å². The number of methoxy groups -OCH3 is 1. The molecule has 70 valence electrons. The largest absolute Gasteiger partial charge is 0.504 e. The minimum absolute atomic E-state index is 0.114. The first-order valence-electron chi connectivity index (χ1n) is 3.90. The van der Waals surface area contributed by atoms with E-state index in [0.29, 0.717) is 5.56 Å². The van der Waals surface area contributed by atoms with Gasteiger partial charge in [-0.1, -0.05) is 0 Å². The maximum atomic E-state index is 9.44. The molecule has 0 bridgehead atoms. The van der Waals surface area contributed by atoms with Crippen LogP contribution in [0, 0.1) is 22.7 Å². The normalized spacial score (nSPS) is 8.79. The molecular weight excluding hydrogens is 180 g/mol. The van der Waals surface area contributed by atoms with Gasteiger partial charge in [-0.05, 0) is 17.7 Å². The summed E-state index contributed by atoms with van der Waals surface area (Å²) in [5.41, 5.74) is 0.833. The lowest BCUT2D eigenvalue weighted by Crippen LogP contribution is -1.91. The van der Waals surface area contributed by atoms with Gasteiger partial charge in [0.15, 0.2) is 11.5 Å². The van der Waals surface area contributed by atoms with E-state index in [2.05, 4.69) is 0 Å². The number of rotatable bonds is 2. The Balaban J connectivity index is 3.27. The first kappa shape index (κ1) is 9.88. The van der Waals surface area contributed by atoms with Crippen LogP contribution in [0.25, 0.3) is 0 Å². The average Bonchev–Trinajstić information content (AvgIpc) is 2.17. The van der Waals surface area contributed by atoms with E-state index < -0.39 is 0 Å². The fraction of sp³-hybridized carbons (Fsp3) is 0.200. The molecule has 0 unspecified atom stereocenters. The number of benzene rings is 1. The summed E-state index contributed by atoms with van der Waals surface area (Å²) in [6, 6.07) is 6.78. The molecule has 1 aromatic carbocycles. The Bertz CT molecular complexity index is 427. The van der Waals surface area contributed by atoms with Gasteiger partial charge in [-0.3, -0.25) is 0 Å². The minimum atomic E-state index is -0.114. The highest BCUT2D eigenvalue weighted by Crippen LogP contribution is 2.30. The highest BCUT2D eigenvalue weighted by Gasteiger charge is 2.10. The lowest BCUT2D eigenvalue weighted by Gasteiger charge is -2.06. The molecule has 0 saturated carbocycles. The van der Waals surface area contributed by atoms with E-state index in [-0.39, 0.29) is 23.5 Å². The molecule has 4 nitrogen and oxygen atoms in total. The Morgan fingerprint density at radius 3 is 2.64 bits per heavy atom. The highest BCUT2D eigenvalue weighted by atomic mass is 16.5. The zero-order valence-electron chi connectivity index (χ0n) is 7.61. The van der Waals surface area contributed by atoms with Gasteiger partial charge < -0.3 is 9.84 Å². The number of phenolic OH excluding ortho intramolecular Hbond substituents is 1. The van der Waals surface area contributed by atoms with Crippen molar-refractivity contribution < 1.29 is 9.84 Å². The maximum absolute atomic E-state index is 9.44. The molecule has 0 aromatic heterocycles. The van der Waals surface area contributed by atoms with Gasteiger partial charge in [0.1, 0.15) is 6.07 Å². The van der Waals surface area contributed by atoms with Crippen LogP contribution in [0.3, 0.4) is 0 Å². The molecular formula is C10H8N2O2. The van der Waals surface area contributed by atoms with Crippen molar-refractivity contribution in [3.63, 3.8) is 0 Å². The fourth-order valence-corrected chi connectivity index (χ4v) is 1.16. The smallest absolute Gasteiger partial charge is 0.178 e. The van der Waals surface area contributed by atoms with E-state index in [1.807, 2.05) is 12.1 Å². The van der Waals surface area contributed by atoms with Crippen molar-refractivity contribution in [1.82, 2.24) is 0 Å². The third-order valence-electron chi connectivity index (χ3n) is 1.74. The zero-order chi connectivity index (χ0) is 10.6. The molecule has 0 amide bonds. The highest BCUT2D eigenvalue weighted by molar-refractivity contribution is 5.54. The van der Waals surface area contributed by atoms with Crippen LogP contribution in [0.2, 0.25) is 0 Å². The van der Waals surface area contributed by atoms with E-state index in [1.165, 1.54) is 19.2 Å². The van der Waals surface area contributed by atoms with Crippen LogP contribution in [0.1, 0.15) is 11.1 Å². The molecule has 1 N–H and O–H groups in total. The van der Waals surface area contributed by atoms with E-state index in [1.54, 1.807) is 0 Å². The first-order chi connectivity index (χ1) is 6.72. The maximum Gasteiger partial charge on any atom is 0.178 e. The number of nitriles is 2. The van der Waals surface area contributed by atoms with Gasteiger partial charge in [0.05, 0.1) is 25.2 Å². The van der Waals surface area contributed by atoms with Gasteiger partial charge in [0.25, 0.3) is 0 Å². The van der Waals surface area contributed by atoms with Crippen molar-refractivity contribution in [2.24, 2.45) is 0 Å². The number of hydrogen-bond donors (Lipinski definition) is 1. The molecule has 0 atom stereocenters. The molecule has 0 spiro atoms. The van der Waals surface area contributed by atoms with Gasteiger partial charge in [-0.15, -0.1) is 0 Å². The number of nitrogens with zero attached hydrogens (tertiary/aromatic N) is 2. The number of phenols is 1. The van der Waals surface area contributed by atoms with Crippen molar-refractivity contribution >= 4 is 0 Å². The topological polar surface area (TPSA) is 77.0 Å². The summed E-state index contributed by atoms with van der Waals surface area (Å²) in [5, 5.41) is 26.6. The molecule has 0 radical (unpaired) electrons. The van der Waals surface area contributed by atoms with Crippen molar-refractivity contribution in [2.75, 3.05) is 7.11 Å². The zero-order valence-corrected chi connectivity index (χ0v) is 7.61. The summed E-state index contributed by atoms with van der Waals surface area (Å²) < 4.78 is 4.84. The third kappa shape index (κ3) is 1.75. The predicted octanol–water partition coefficient (Wildman–Crippen LogP) is 1.34. The summed E-state index contributed by atoms with van der Waals surface area (Å²) in [6.45, 7) is 0. The van der Waals surface area contributed by atoms with Crippen LogP contribution in [-0.2, 0) is 6.42 Å². The summed E-state index contributed by atoms with van der Waals surface area (Å²) in [4.78, 5) is 0. The standard InChI is InChI=1S/C10H8N2O2/c1-14-10-8(6-12)4-7(2-3-11)5-9(10)13/h4-5,13H,2H2,1H3. The average molecular weight is 188 g/mol. The SMILES string of the molecule is COc1c(O)cc(CC#N)cc1C#N. The molecule has 14 heavy (non-hydrogen) atoms. The Morgan fingerprint density at radius 1 is 1.43 bits per heavy atom. The lowest BCUT2D eigenvalue weighted by atomic mass is 10.1. The van der Waals surface area contributed by atoms with Crippen LogP contribution in [-0.4, -0.2) is 12.2 Å². The summed E-state index contributed by atoms with van der Waals surface area (Å²) in [7, 11) is 1.37. The Morgan fingerprint density at radius 2 is 2.14 bits per heavy atom. The van der Waals surface area contributed by atoms with Crippen LogP contribution >= 0.6 is 0 Å². The summed E-state index contributed by atoms with van der Waals surface area (Å²) in [6.07, 6.45) is 0.159. The second-order valence-electron chi connectivity index (χ2n) is 2.64. The molecule has 0 saturated heterocycles. The first-order valence-corrected chi connectivity index (χ1v) is 3.90. The van der Waals surface area contributed by atoms with Crippen LogP contribution < -0.4 is 4.74 Å². The number of hydrogen-bond acceptors (Lipinski definition) is 4.